The Morgan fingerprint density at radius 2 is 1.66 bits per heavy atom. The zero-order chi connectivity index (χ0) is 27.4. The number of hydrogen-bond donors (Lipinski definition) is 2. The minimum atomic E-state index is -1.02. The molecule has 3 aromatic carbocycles. The summed E-state index contributed by atoms with van der Waals surface area (Å²) in [6.45, 7) is 5.87. The number of aliphatic hydroxyl groups is 1. The van der Waals surface area contributed by atoms with E-state index >= 15 is 0 Å². The molecule has 8 nitrogen and oxygen atoms in total. The van der Waals surface area contributed by atoms with Gasteiger partial charge in [-0.25, -0.2) is 4.79 Å². The van der Waals surface area contributed by atoms with E-state index in [0.29, 0.717) is 23.3 Å². The first-order valence-electron chi connectivity index (χ1n) is 12.4. The van der Waals surface area contributed by atoms with Gasteiger partial charge < -0.3 is 19.7 Å². The fraction of sp³-hybridized carbons (Fsp3) is 0.233. The van der Waals surface area contributed by atoms with E-state index in [9.17, 15) is 24.6 Å². The van der Waals surface area contributed by atoms with Crippen LogP contribution in [0.15, 0.2) is 78.4 Å². The number of ketones is 1. The Morgan fingerprint density at radius 3 is 2.34 bits per heavy atom. The third-order valence-corrected chi connectivity index (χ3v) is 5.93. The highest BCUT2D eigenvalue weighted by molar-refractivity contribution is 6.51. The van der Waals surface area contributed by atoms with Crippen molar-refractivity contribution in [3.05, 3.63) is 95.1 Å². The molecule has 1 atom stereocenters. The van der Waals surface area contributed by atoms with Gasteiger partial charge in [0.15, 0.2) is 0 Å². The number of Topliss-reactive ketones (excluding diaryl/α,β-unsaturated/α-hetero) is 1. The Kier molecular flexibility index (Phi) is 7.81. The van der Waals surface area contributed by atoms with Gasteiger partial charge in [0.25, 0.3) is 11.7 Å². The van der Waals surface area contributed by atoms with Gasteiger partial charge in [-0.3, -0.25) is 14.5 Å². The summed E-state index contributed by atoms with van der Waals surface area (Å²) >= 11 is 0. The van der Waals surface area contributed by atoms with Crippen molar-refractivity contribution >= 4 is 29.1 Å². The van der Waals surface area contributed by atoms with Gasteiger partial charge in [0.05, 0.1) is 29.9 Å². The molecule has 1 amide bonds. The smallest absolute Gasteiger partial charge is 0.338 e. The molecule has 0 saturated carbocycles. The first-order valence-corrected chi connectivity index (χ1v) is 12.4. The molecular weight excluding hydrogens is 486 g/mol. The number of rotatable bonds is 8. The van der Waals surface area contributed by atoms with Crippen LogP contribution in [-0.2, 0) is 14.3 Å². The molecule has 4 rings (SSSR count). The molecular formula is C30H29NO7. The van der Waals surface area contributed by atoms with Crippen molar-refractivity contribution in [1.29, 1.82) is 0 Å². The number of ether oxygens (including phenoxy) is 2. The molecule has 1 aliphatic heterocycles. The monoisotopic (exact) mass is 515 g/mol. The molecule has 3 aromatic rings. The van der Waals surface area contributed by atoms with E-state index in [-0.39, 0.29) is 41.0 Å². The third kappa shape index (κ3) is 5.39. The Bertz CT molecular complexity index is 1390. The van der Waals surface area contributed by atoms with Crippen molar-refractivity contribution in [1.82, 2.24) is 0 Å². The lowest BCUT2D eigenvalue weighted by Gasteiger charge is -2.26. The number of carbonyl (C=O) groups is 3. The van der Waals surface area contributed by atoms with Gasteiger partial charge in [-0.05, 0) is 68.3 Å². The van der Waals surface area contributed by atoms with Crippen LogP contribution < -0.4 is 9.64 Å². The molecule has 1 aliphatic rings. The van der Waals surface area contributed by atoms with Crippen LogP contribution in [0.25, 0.3) is 5.76 Å². The molecule has 0 aliphatic carbocycles. The van der Waals surface area contributed by atoms with Gasteiger partial charge in [-0.2, -0.15) is 0 Å². The highest BCUT2D eigenvalue weighted by Gasteiger charge is 2.47. The number of aliphatic hydroxyl groups excluding tert-OH is 1. The first kappa shape index (κ1) is 26.5. The zero-order valence-corrected chi connectivity index (χ0v) is 21.4. The van der Waals surface area contributed by atoms with E-state index in [1.165, 1.54) is 23.1 Å². The fourth-order valence-electron chi connectivity index (χ4n) is 4.28. The number of esters is 1. The van der Waals surface area contributed by atoms with E-state index in [0.717, 1.165) is 0 Å². The van der Waals surface area contributed by atoms with Crippen LogP contribution in [0, 0.1) is 0 Å². The molecule has 1 fully saturated rings. The van der Waals surface area contributed by atoms with Crippen LogP contribution in [0.3, 0.4) is 0 Å². The minimum Gasteiger partial charge on any atom is -0.508 e. The maximum atomic E-state index is 13.4. The standard InChI is InChI=1S/C30H29NO7/c1-4-15-37-30(36)21-8-5-9-22(16-21)31-26(19-11-13-23(32)14-12-19)25(28(34)29(31)35)27(33)20-7-6-10-24(17-20)38-18(2)3/h5-14,16-18,26,32-33H,4,15H2,1-3H3/b27-25+. The summed E-state index contributed by atoms with van der Waals surface area (Å²) in [5, 5.41) is 21.2. The number of carbonyl (C=O) groups excluding carboxylic acids is 3. The van der Waals surface area contributed by atoms with Crippen molar-refractivity contribution in [2.75, 3.05) is 11.5 Å². The summed E-state index contributed by atoms with van der Waals surface area (Å²) in [6.07, 6.45) is 0.552. The lowest BCUT2D eigenvalue weighted by molar-refractivity contribution is -0.132. The quantitative estimate of drug-likeness (QED) is 0.179. The molecule has 1 unspecified atom stereocenters. The zero-order valence-electron chi connectivity index (χ0n) is 21.4. The van der Waals surface area contributed by atoms with Crippen molar-refractivity contribution in [3.8, 4) is 11.5 Å². The maximum absolute atomic E-state index is 13.4. The maximum Gasteiger partial charge on any atom is 0.338 e. The van der Waals surface area contributed by atoms with Gasteiger partial charge >= 0.3 is 5.97 Å². The Balaban J connectivity index is 1.86. The molecule has 2 N–H and O–H groups in total. The molecule has 1 heterocycles. The third-order valence-electron chi connectivity index (χ3n) is 5.93. The highest BCUT2D eigenvalue weighted by Crippen LogP contribution is 2.43. The van der Waals surface area contributed by atoms with Crippen molar-refractivity contribution in [3.63, 3.8) is 0 Å². The second kappa shape index (κ2) is 11.2. The van der Waals surface area contributed by atoms with Crippen molar-refractivity contribution < 1.29 is 34.1 Å². The average Bonchev–Trinajstić information content (AvgIpc) is 3.17. The van der Waals surface area contributed by atoms with Gasteiger partial charge in [-0.15, -0.1) is 0 Å². The summed E-state index contributed by atoms with van der Waals surface area (Å²) in [4.78, 5) is 40.5. The number of aromatic hydroxyl groups is 1. The lowest BCUT2D eigenvalue weighted by Crippen LogP contribution is -2.29. The molecule has 0 aromatic heterocycles. The van der Waals surface area contributed by atoms with E-state index < -0.39 is 23.7 Å². The largest absolute Gasteiger partial charge is 0.508 e. The number of phenols is 1. The van der Waals surface area contributed by atoms with Crippen LogP contribution >= 0.6 is 0 Å². The molecule has 196 valence electrons. The molecule has 38 heavy (non-hydrogen) atoms. The predicted octanol–water partition coefficient (Wildman–Crippen LogP) is 5.37. The van der Waals surface area contributed by atoms with Gasteiger partial charge in [0.1, 0.15) is 17.3 Å². The summed E-state index contributed by atoms with van der Waals surface area (Å²) in [7, 11) is 0. The number of phenolic OH excluding ortho intramolecular Hbond substituents is 1. The fourth-order valence-corrected chi connectivity index (χ4v) is 4.28. The number of benzene rings is 3. The number of anilines is 1. The summed E-state index contributed by atoms with van der Waals surface area (Å²) in [5.41, 5.74) is 1.17. The Labute approximate surface area is 220 Å². The normalized spacial score (nSPS) is 16.6. The van der Waals surface area contributed by atoms with Gasteiger partial charge in [0.2, 0.25) is 0 Å². The van der Waals surface area contributed by atoms with Crippen molar-refractivity contribution in [2.45, 2.75) is 39.3 Å². The lowest BCUT2D eigenvalue weighted by atomic mass is 9.95. The SMILES string of the molecule is CCCOC(=O)c1cccc(N2C(=O)C(=O)/C(=C(/O)c3cccc(OC(C)C)c3)C2c2ccc(O)cc2)c1. The molecule has 8 heteroatoms. The topological polar surface area (TPSA) is 113 Å². The number of amides is 1. The van der Waals surface area contributed by atoms with Crippen LogP contribution in [0.5, 0.6) is 11.5 Å². The molecule has 0 spiro atoms. The molecule has 0 radical (unpaired) electrons. The van der Waals surface area contributed by atoms with E-state index in [1.807, 2.05) is 20.8 Å². The van der Waals surface area contributed by atoms with E-state index in [2.05, 4.69) is 0 Å². The Hall–Kier alpha value is -4.59. The average molecular weight is 516 g/mol. The summed E-state index contributed by atoms with van der Waals surface area (Å²) < 4.78 is 11.0. The van der Waals surface area contributed by atoms with E-state index in [4.69, 9.17) is 9.47 Å². The van der Waals surface area contributed by atoms with Crippen molar-refractivity contribution in [2.24, 2.45) is 0 Å². The van der Waals surface area contributed by atoms with Crippen LogP contribution in [-0.4, -0.2) is 40.6 Å². The second-order valence-corrected chi connectivity index (χ2v) is 9.14. The molecule has 1 saturated heterocycles. The predicted molar refractivity (Wildman–Crippen MR) is 142 cm³/mol. The van der Waals surface area contributed by atoms with Gasteiger partial charge in [0, 0.05) is 11.3 Å². The second-order valence-electron chi connectivity index (χ2n) is 9.14. The minimum absolute atomic E-state index is 0.00454. The number of hydrogen-bond acceptors (Lipinski definition) is 7. The van der Waals surface area contributed by atoms with Crippen LogP contribution in [0.4, 0.5) is 5.69 Å². The number of nitrogens with zero attached hydrogens (tertiary/aromatic N) is 1. The first-order chi connectivity index (χ1) is 18.2. The van der Waals surface area contributed by atoms with E-state index in [1.54, 1.807) is 54.6 Å². The Morgan fingerprint density at radius 1 is 0.974 bits per heavy atom. The van der Waals surface area contributed by atoms with Gasteiger partial charge in [-0.1, -0.05) is 37.3 Å². The van der Waals surface area contributed by atoms with Crippen LogP contribution in [0.1, 0.15) is 54.7 Å². The van der Waals surface area contributed by atoms with Crippen LogP contribution in [0.2, 0.25) is 0 Å². The summed E-state index contributed by atoms with van der Waals surface area (Å²) in [6, 6.07) is 17.9. The highest BCUT2D eigenvalue weighted by atomic mass is 16.5. The summed E-state index contributed by atoms with van der Waals surface area (Å²) in [5.74, 6) is -2.15. The molecule has 0 bridgehead atoms.